The number of carbonyl (C=O) groups is 2. The molecule has 0 saturated carbocycles. The van der Waals surface area contributed by atoms with Crippen molar-refractivity contribution in [2.45, 2.75) is 18.6 Å². The van der Waals surface area contributed by atoms with E-state index in [4.69, 9.17) is 4.74 Å². The summed E-state index contributed by atoms with van der Waals surface area (Å²) in [7, 11) is 1.31. The highest BCUT2D eigenvalue weighted by Gasteiger charge is 2.36. The first-order chi connectivity index (χ1) is 8.60. The van der Waals surface area contributed by atoms with E-state index in [1.165, 1.54) is 7.11 Å². The number of nitrogens with one attached hydrogen (secondary N) is 1. The Bertz CT molecular complexity index is 460. The van der Waals surface area contributed by atoms with E-state index in [1.807, 2.05) is 24.3 Å². The van der Waals surface area contributed by atoms with Crippen molar-refractivity contribution in [2.24, 2.45) is 0 Å². The van der Waals surface area contributed by atoms with E-state index in [-0.39, 0.29) is 12.4 Å². The first-order valence-corrected chi connectivity index (χ1v) is 6.19. The predicted molar refractivity (Wildman–Crippen MR) is 66.9 cm³/mol. The zero-order valence-electron chi connectivity index (χ0n) is 9.68. The average Bonchev–Trinajstić information content (AvgIpc) is 2.71. The summed E-state index contributed by atoms with van der Waals surface area (Å²) in [6, 6.07) is 7.01. The minimum absolute atomic E-state index is 0.0863. The Kier molecular flexibility index (Phi) is 3.86. The van der Waals surface area contributed by atoms with Crippen molar-refractivity contribution in [1.29, 1.82) is 0 Å². The van der Waals surface area contributed by atoms with E-state index in [0.29, 0.717) is 0 Å². The van der Waals surface area contributed by atoms with Crippen molar-refractivity contribution >= 4 is 28.0 Å². The molecule has 6 heteroatoms. The van der Waals surface area contributed by atoms with Gasteiger partial charge in [-0.2, -0.15) is 0 Å². The molecule has 0 aliphatic carbocycles. The van der Waals surface area contributed by atoms with Gasteiger partial charge in [0.15, 0.2) is 0 Å². The number of amides is 1. The number of halogens is 1. The number of carbonyl (C=O) groups excluding carboxylic acids is 2. The molecule has 18 heavy (non-hydrogen) atoms. The van der Waals surface area contributed by atoms with Gasteiger partial charge in [0.25, 0.3) is 0 Å². The van der Waals surface area contributed by atoms with E-state index >= 15 is 0 Å². The lowest BCUT2D eigenvalue weighted by Crippen LogP contribution is -2.30. The number of benzene rings is 1. The van der Waals surface area contributed by atoms with Gasteiger partial charge in [0, 0.05) is 4.47 Å². The number of alkyl carbamates (subject to hydrolysis) is 1. The highest BCUT2D eigenvalue weighted by Crippen LogP contribution is 2.29. The topological polar surface area (TPSA) is 64.6 Å². The van der Waals surface area contributed by atoms with Gasteiger partial charge in [0.1, 0.15) is 6.10 Å². The van der Waals surface area contributed by atoms with E-state index in [9.17, 15) is 9.59 Å². The molecule has 2 rings (SSSR count). The monoisotopic (exact) mass is 313 g/mol. The summed E-state index contributed by atoms with van der Waals surface area (Å²) in [5, 5.41) is 2.61. The van der Waals surface area contributed by atoms with Crippen LogP contribution in [-0.2, 0) is 14.3 Å². The SMILES string of the molecule is COC(=O)CC1NC(=O)O[C@H]1c1ccc(Br)cc1. The maximum Gasteiger partial charge on any atom is 0.408 e. The molecule has 1 aromatic carbocycles. The highest BCUT2D eigenvalue weighted by molar-refractivity contribution is 9.10. The second-order valence-corrected chi connectivity index (χ2v) is 4.82. The molecule has 0 spiro atoms. The van der Waals surface area contributed by atoms with Gasteiger partial charge in [-0.3, -0.25) is 4.79 Å². The zero-order chi connectivity index (χ0) is 13.1. The van der Waals surface area contributed by atoms with Crippen LogP contribution in [0.5, 0.6) is 0 Å². The van der Waals surface area contributed by atoms with Crippen LogP contribution in [0.25, 0.3) is 0 Å². The minimum Gasteiger partial charge on any atom is -0.469 e. The Labute approximate surface area is 113 Å². The molecule has 1 heterocycles. The Morgan fingerprint density at radius 3 is 2.72 bits per heavy atom. The molecule has 0 radical (unpaired) electrons. The Morgan fingerprint density at radius 1 is 1.44 bits per heavy atom. The van der Waals surface area contributed by atoms with Crippen molar-refractivity contribution in [3.63, 3.8) is 0 Å². The molecular formula is C12H12BrNO4. The van der Waals surface area contributed by atoms with Crippen LogP contribution in [0.15, 0.2) is 28.7 Å². The summed E-state index contributed by atoms with van der Waals surface area (Å²) in [4.78, 5) is 22.5. The largest absolute Gasteiger partial charge is 0.469 e. The van der Waals surface area contributed by atoms with Crippen LogP contribution in [0.4, 0.5) is 4.79 Å². The zero-order valence-corrected chi connectivity index (χ0v) is 11.3. The van der Waals surface area contributed by atoms with Crippen molar-refractivity contribution in [1.82, 2.24) is 5.32 Å². The summed E-state index contributed by atoms with van der Waals surface area (Å²) in [6.07, 6.45) is -0.898. The maximum atomic E-state index is 11.3. The van der Waals surface area contributed by atoms with Crippen LogP contribution in [0.2, 0.25) is 0 Å². The molecule has 1 amide bonds. The van der Waals surface area contributed by atoms with Gasteiger partial charge in [0.05, 0.1) is 19.6 Å². The fourth-order valence-corrected chi connectivity index (χ4v) is 2.10. The molecule has 0 bridgehead atoms. The van der Waals surface area contributed by atoms with Crippen LogP contribution < -0.4 is 5.32 Å². The number of rotatable bonds is 3. The van der Waals surface area contributed by atoms with Crippen molar-refractivity contribution in [2.75, 3.05) is 7.11 Å². The van der Waals surface area contributed by atoms with Crippen LogP contribution in [0.1, 0.15) is 18.1 Å². The molecule has 2 atom stereocenters. The second kappa shape index (κ2) is 5.39. The van der Waals surface area contributed by atoms with Gasteiger partial charge in [-0.15, -0.1) is 0 Å². The van der Waals surface area contributed by atoms with Gasteiger partial charge in [-0.1, -0.05) is 28.1 Å². The summed E-state index contributed by atoms with van der Waals surface area (Å²) >= 11 is 3.34. The summed E-state index contributed by atoms with van der Waals surface area (Å²) in [5.74, 6) is -0.382. The van der Waals surface area contributed by atoms with Crippen LogP contribution in [-0.4, -0.2) is 25.2 Å². The molecule has 1 unspecified atom stereocenters. The molecule has 1 aliphatic heterocycles. The van der Waals surface area contributed by atoms with Gasteiger partial charge < -0.3 is 14.8 Å². The third-order valence-electron chi connectivity index (χ3n) is 2.72. The van der Waals surface area contributed by atoms with E-state index in [1.54, 1.807) is 0 Å². The standard InChI is InChI=1S/C12H12BrNO4/c1-17-10(15)6-9-11(18-12(16)14-9)7-2-4-8(13)5-3-7/h2-5,9,11H,6H2,1H3,(H,14,16)/t9?,11-/m0/s1. The lowest BCUT2D eigenvalue weighted by atomic mass is 10.0. The van der Waals surface area contributed by atoms with Crippen LogP contribution in [0, 0.1) is 0 Å². The normalized spacial score (nSPS) is 22.2. The molecule has 1 fully saturated rings. The number of esters is 1. The predicted octanol–water partition coefficient (Wildman–Crippen LogP) is 2.16. The Hall–Kier alpha value is -1.56. The summed E-state index contributed by atoms with van der Waals surface area (Å²) in [6.45, 7) is 0. The smallest absolute Gasteiger partial charge is 0.408 e. The third-order valence-corrected chi connectivity index (χ3v) is 3.24. The quantitative estimate of drug-likeness (QED) is 0.869. The molecule has 1 aliphatic rings. The van der Waals surface area contributed by atoms with Gasteiger partial charge in [-0.05, 0) is 17.7 Å². The molecule has 0 aromatic heterocycles. The molecule has 96 valence electrons. The molecule has 5 nitrogen and oxygen atoms in total. The van der Waals surface area contributed by atoms with Crippen LogP contribution in [0.3, 0.4) is 0 Å². The Morgan fingerprint density at radius 2 is 2.11 bits per heavy atom. The average molecular weight is 314 g/mol. The lowest BCUT2D eigenvalue weighted by Gasteiger charge is -2.16. The second-order valence-electron chi connectivity index (χ2n) is 3.91. The lowest BCUT2D eigenvalue weighted by molar-refractivity contribution is -0.141. The van der Waals surface area contributed by atoms with Crippen molar-refractivity contribution in [3.8, 4) is 0 Å². The minimum atomic E-state index is -0.517. The first kappa shape index (κ1) is 12.9. The van der Waals surface area contributed by atoms with Gasteiger partial charge >= 0.3 is 12.1 Å². The first-order valence-electron chi connectivity index (χ1n) is 5.39. The summed E-state index contributed by atoms with van der Waals surface area (Å²) in [5.41, 5.74) is 0.838. The Balaban J connectivity index is 2.16. The molecule has 1 N–H and O–H groups in total. The number of hydrogen-bond acceptors (Lipinski definition) is 4. The summed E-state index contributed by atoms with van der Waals surface area (Å²) < 4.78 is 10.7. The maximum absolute atomic E-state index is 11.3. The van der Waals surface area contributed by atoms with E-state index in [0.717, 1.165) is 10.0 Å². The molecule has 1 saturated heterocycles. The van der Waals surface area contributed by atoms with Crippen LogP contribution >= 0.6 is 15.9 Å². The number of methoxy groups -OCH3 is 1. The van der Waals surface area contributed by atoms with Crippen molar-refractivity contribution in [3.05, 3.63) is 34.3 Å². The third kappa shape index (κ3) is 2.81. The fraction of sp³-hybridized carbons (Fsp3) is 0.333. The van der Waals surface area contributed by atoms with Crippen molar-refractivity contribution < 1.29 is 19.1 Å². The highest BCUT2D eigenvalue weighted by atomic mass is 79.9. The van der Waals surface area contributed by atoms with E-state index in [2.05, 4.69) is 26.0 Å². The molecule has 1 aromatic rings. The van der Waals surface area contributed by atoms with Gasteiger partial charge in [-0.25, -0.2) is 4.79 Å². The molecular weight excluding hydrogens is 302 g/mol. The van der Waals surface area contributed by atoms with Gasteiger partial charge in [0.2, 0.25) is 0 Å². The van der Waals surface area contributed by atoms with E-state index < -0.39 is 18.2 Å². The number of cyclic esters (lactones) is 1. The number of ether oxygens (including phenoxy) is 2. The fourth-order valence-electron chi connectivity index (χ4n) is 1.83. The number of hydrogen-bond donors (Lipinski definition) is 1.